The number of H-pyrrole nitrogens is 1. The van der Waals surface area contributed by atoms with Gasteiger partial charge in [-0.3, -0.25) is 0 Å². The highest BCUT2D eigenvalue weighted by molar-refractivity contribution is 6.28. The molecule has 0 bridgehead atoms. The van der Waals surface area contributed by atoms with E-state index in [1.165, 1.54) is 0 Å². The number of anilines is 1. The molecule has 0 fully saturated rings. The summed E-state index contributed by atoms with van der Waals surface area (Å²) in [7, 11) is 0. The Labute approximate surface area is 110 Å². The molecule has 0 aromatic carbocycles. The highest BCUT2D eigenvalue weighted by Gasteiger charge is 2.16. The Morgan fingerprint density at radius 1 is 1.56 bits per heavy atom. The predicted molar refractivity (Wildman–Crippen MR) is 69.4 cm³/mol. The molecule has 0 saturated heterocycles. The molecule has 1 N–H and O–H groups in total. The van der Waals surface area contributed by atoms with Crippen molar-refractivity contribution in [3.05, 3.63) is 11.6 Å². The zero-order valence-corrected chi connectivity index (χ0v) is 10.9. The highest BCUT2D eigenvalue weighted by atomic mass is 35.5. The Balaban J connectivity index is 2.44. The van der Waals surface area contributed by atoms with Gasteiger partial charge in [0.25, 0.3) is 0 Å². The lowest BCUT2D eigenvalue weighted by molar-refractivity contribution is 0.680. The van der Waals surface area contributed by atoms with Crippen molar-refractivity contribution in [2.75, 3.05) is 18.0 Å². The van der Waals surface area contributed by atoms with Gasteiger partial charge in [0.05, 0.1) is 18.3 Å². The second-order valence-electron chi connectivity index (χ2n) is 3.99. The first-order chi connectivity index (χ1) is 8.65. The van der Waals surface area contributed by atoms with E-state index in [-0.39, 0.29) is 11.2 Å². The Morgan fingerprint density at radius 2 is 2.33 bits per heavy atom. The van der Waals surface area contributed by atoms with Crippen LogP contribution in [0.5, 0.6) is 0 Å². The zero-order valence-electron chi connectivity index (χ0n) is 10.2. The molecule has 0 aliphatic carbocycles. The minimum absolute atomic E-state index is 0.0864. The number of aromatic amines is 1. The van der Waals surface area contributed by atoms with Gasteiger partial charge in [-0.05, 0) is 25.4 Å². The van der Waals surface area contributed by atoms with Gasteiger partial charge in [0.2, 0.25) is 5.28 Å². The van der Waals surface area contributed by atoms with Crippen molar-refractivity contribution in [1.29, 1.82) is 5.26 Å². The van der Waals surface area contributed by atoms with E-state index in [4.69, 9.17) is 16.9 Å². The minimum Gasteiger partial charge on any atom is -0.354 e. The summed E-state index contributed by atoms with van der Waals surface area (Å²) >= 11 is 5.88. The quantitative estimate of drug-likeness (QED) is 0.854. The van der Waals surface area contributed by atoms with E-state index in [0.717, 1.165) is 12.1 Å². The lowest BCUT2D eigenvalue weighted by atomic mass is 10.2. The van der Waals surface area contributed by atoms with Gasteiger partial charge in [-0.1, -0.05) is 0 Å². The van der Waals surface area contributed by atoms with E-state index in [1.54, 1.807) is 6.33 Å². The molecule has 0 radical (unpaired) electrons. The van der Waals surface area contributed by atoms with Crippen LogP contribution >= 0.6 is 11.6 Å². The third kappa shape index (κ3) is 2.36. The molecule has 0 aliphatic rings. The molecule has 7 heteroatoms. The summed E-state index contributed by atoms with van der Waals surface area (Å²) in [4.78, 5) is 17.3. The van der Waals surface area contributed by atoms with E-state index in [2.05, 4.69) is 26.0 Å². The summed E-state index contributed by atoms with van der Waals surface area (Å²) in [5, 5.41) is 9.06. The Kier molecular flexibility index (Phi) is 3.63. The summed E-state index contributed by atoms with van der Waals surface area (Å²) in [6.07, 6.45) is 1.56. The van der Waals surface area contributed by atoms with Crippen molar-refractivity contribution in [2.45, 2.75) is 13.8 Å². The van der Waals surface area contributed by atoms with Crippen molar-refractivity contribution in [3.63, 3.8) is 0 Å². The molecule has 6 nitrogen and oxygen atoms in total. The van der Waals surface area contributed by atoms with Gasteiger partial charge in [-0.15, -0.1) is 0 Å². The number of rotatable bonds is 4. The Morgan fingerprint density at radius 3 is 3.00 bits per heavy atom. The highest BCUT2D eigenvalue weighted by Crippen LogP contribution is 2.23. The molecule has 0 amide bonds. The molecule has 1 atom stereocenters. The van der Waals surface area contributed by atoms with Gasteiger partial charge in [0.1, 0.15) is 5.52 Å². The summed E-state index contributed by atoms with van der Waals surface area (Å²) in [5.41, 5.74) is 1.28. The molecule has 18 heavy (non-hydrogen) atoms. The molecule has 2 rings (SSSR count). The number of aromatic nitrogens is 4. The van der Waals surface area contributed by atoms with Crippen LogP contribution in [0.3, 0.4) is 0 Å². The van der Waals surface area contributed by atoms with Gasteiger partial charge >= 0.3 is 0 Å². The molecule has 0 saturated carbocycles. The van der Waals surface area contributed by atoms with Crippen molar-refractivity contribution >= 4 is 28.6 Å². The number of imidazole rings is 1. The van der Waals surface area contributed by atoms with Crippen molar-refractivity contribution in [1.82, 2.24) is 19.9 Å². The molecule has 2 aromatic rings. The Bertz CT molecular complexity index is 587. The van der Waals surface area contributed by atoms with Crippen LogP contribution in [0.2, 0.25) is 5.28 Å². The topological polar surface area (TPSA) is 81.5 Å². The van der Waals surface area contributed by atoms with Crippen LogP contribution in [0.25, 0.3) is 11.2 Å². The molecular formula is C11H13ClN6. The van der Waals surface area contributed by atoms with E-state index in [9.17, 15) is 0 Å². The Hall–Kier alpha value is -1.87. The lowest BCUT2D eigenvalue weighted by Gasteiger charge is -2.23. The van der Waals surface area contributed by atoms with Gasteiger partial charge in [0.15, 0.2) is 11.5 Å². The smallest absolute Gasteiger partial charge is 0.226 e. The van der Waals surface area contributed by atoms with Gasteiger partial charge in [0, 0.05) is 13.1 Å². The molecular weight excluding hydrogens is 252 g/mol. The third-order valence-electron chi connectivity index (χ3n) is 2.64. The van der Waals surface area contributed by atoms with Crippen molar-refractivity contribution in [3.8, 4) is 6.07 Å². The summed E-state index contributed by atoms with van der Waals surface area (Å²) in [6.45, 7) is 5.19. The molecule has 0 aliphatic heterocycles. The number of fused-ring (bicyclic) bond motifs is 1. The monoisotopic (exact) mass is 264 g/mol. The fourth-order valence-corrected chi connectivity index (χ4v) is 1.92. The fourth-order valence-electron chi connectivity index (χ4n) is 1.76. The maximum Gasteiger partial charge on any atom is 0.226 e. The van der Waals surface area contributed by atoms with E-state index in [0.29, 0.717) is 18.0 Å². The second kappa shape index (κ2) is 5.19. The zero-order chi connectivity index (χ0) is 13.1. The SMILES string of the molecule is CCN(CC(C)C#N)c1nc(Cl)nc2nc[nH]c12. The summed E-state index contributed by atoms with van der Waals surface area (Å²) in [5.74, 6) is 0.601. The number of nitriles is 1. The average molecular weight is 265 g/mol. The van der Waals surface area contributed by atoms with Crippen molar-refractivity contribution in [2.24, 2.45) is 5.92 Å². The molecule has 0 spiro atoms. The maximum absolute atomic E-state index is 8.90. The molecule has 1 unspecified atom stereocenters. The standard InChI is InChI=1S/C11H13ClN6/c1-3-18(5-7(2)4-13)10-8-9(15-6-14-8)16-11(12)17-10/h6-7H,3,5H2,1-2H3,(H,14,15,16,17). The number of nitrogens with one attached hydrogen (secondary N) is 1. The van der Waals surface area contributed by atoms with E-state index in [1.807, 2.05) is 18.7 Å². The van der Waals surface area contributed by atoms with Crippen molar-refractivity contribution < 1.29 is 0 Å². The first kappa shape index (κ1) is 12.6. The number of hydrogen-bond acceptors (Lipinski definition) is 5. The van der Waals surface area contributed by atoms with Gasteiger partial charge < -0.3 is 9.88 Å². The molecule has 2 heterocycles. The van der Waals surface area contributed by atoms with Crippen LogP contribution in [0.1, 0.15) is 13.8 Å². The maximum atomic E-state index is 8.90. The largest absolute Gasteiger partial charge is 0.354 e. The molecule has 94 valence electrons. The second-order valence-corrected chi connectivity index (χ2v) is 4.32. The van der Waals surface area contributed by atoms with Crippen LogP contribution < -0.4 is 4.90 Å². The van der Waals surface area contributed by atoms with Gasteiger partial charge in [-0.25, -0.2) is 4.98 Å². The number of nitrogens with zero attached hydrogens (tertiary/aromatic N) is 5. The summed E-state index contributed by atoms with van der Waals surface area (Å²) in [6, 6.07) is 2.21. The third-order valence-corrected chi connectivity index (χ3v) is 2.80. The van der Waals surface area contributed by atoms with Gasteiger partial charge in [-0.2, -0.15) is 15.2 Å². The van der Waals surface area contributed by atoms with Crippen LogP contribution in [0, 0.1) is 17.2 Å². The summed E-state index contributed by atoms with van der Waals surface area (Å²) < 4.78 is 0. The van der Waals surface area contributed by atoms with Crippen LogP contribution in [0.4, 0.5) is 5.82 Å². The van der Waals surface area contributed by atoms with Crippen LogP contribution in [-0.2, 0) is 0 Å². The minimum atomic E-state index is -0.0864. The number of hydrogen-bond donors (Lipinski definition) is 1. The first-order valence-electron chi connectivity index (χ1n) is 5.66. The lowest BCUT2D eigenvalue weighted by Crippen LogP contribution is -2.29. The fraction of sp³-hybridized carbons (Fsp3) is 0.455. The van der Waals surface area contributed by atoms with E-state index >= 15 is 0 Å². The normalized spacial score (nSPS) is 12.3. The van der Waals surface area contributed by atoms with Crippen LogP contribution in [0.15, 0.2) is 6.33 Å². The molecule has 2 aromatic heterocycles. The average Bonchev–Trinajstić information content (AvgIpc) is 2.82. The first-order valence-corrected chi connectivity index (χ1v) is 6.04. The predicted octanol–water partition coefficient (Wildman–Crippen LogP) is 1.99. The number of halogens is 1. The van der Waals surface area contributed by atoms with Crippen LogP contribution in [-0.4, -0.2) is 33.0 Å². The van der Waals surface area contributed by atoms with E-state index < -0.39 is 0 Å².